The first kappa shape index (κ1) is 11.7. The van der Waals surface area contributed by atoms with E-state index in [9.17, 15) is 0 Å². The number of fused-ring (bicyclic) bond motifs is 2. The number of allylic oxidation sites excluding steroid dienone is 3. The highest BCUT2D eigenvalue weighted by Crippen LogP contribution is 2.39. The van der Waals surface area contributed by atoms with E-state index in [4.69, 9.17) is 17.3 Å². The van der Waals surface area contributed by atoms with Crippen LogP contribution in [0.1, 0.15) is 26.2 Å². The second-order valence-electron chi connectivity index (χ2n) is 4.76. The molecule has 88 valence electrons. The van der Waals surface area contributed by atoms with Crippen molar-refractivity contribution in [1.82, 2.24) is 5.32 Å². The summed E-state index contributed by atoms with van der Waals surface area (Å²) in [7, 11) is 0. The minimum atomic E-state index is 0.341. The Kier molecular flexibility index (Phi) is 3.41. The summed E-state index contributed by atoms with van der Waals surface area (Å²) in [5, 5.41) is 3.97. The van der Waals surface area contributed by atoms with E-state index in [2.05, 4.69) is 18.8 Å². The molecule has 0 aromatic heterocycles. The van der Waals surface area contributed by atoms with E-state index in [-0.39, 0.29) is 0 Å². The first-order valence-electron chi connectivity index (χ1n) is 5.83. The number of nitrogens with one attached hydrogen (secondary N) is 1. The summed E-state index contributed by atoms with van der Waals surface area (Å²) in [5.41, 5.74) is 7.94. The fourth-order valence-electron chi connectivity index (χ4n) is 3.06. The van der Waals surface area contributed by atoms with E-state index in [1.165, 1.54) is 24.8 Å². The van der Waals surface area contributed by atoms with Gasteiger partial charge >= 0.3 is 0 Å². The van der Waals surface area contributed by atoms with Gasteiger partial charge < -0.3 is 11.1 Å². The second kappa shape index (κ2) is 4.64. The Morgan fingerprint density at radius 2 is 2.25 bits per heavy atom. The largest absolute Gasteiger partial charge is 0.389 e. The van der Waals surface area contributed by atoms with Gasteiger partial charge in [-0.1, -0.05) is 24.3 Å². The highest BCUT2D eigenvalue weighted by molar-refractivity contribution is 6.29. The summed E-state index contributed by atoms with van der Waals surface area (Å²) in [6.07, 6.45) is 7.60. The molecule has 2 nitrogen and oxygen atoms in total. The molecule has 0 spiro atoms. The van der Waals surface area contributed by atoms with Crippen LogP contribution in [-0.2, 0) is 0 Å². The van der Waals surface area contributed by atoms with E-state index in [0.717, 1.165) is 5.57 Å². The minimum Gasteiger partial charge on any atom is -0.389 e. The Morgan fingerprint density at radius 1 is 1.50 bits per heavy atom. The molecule has 0 saturated carbocycles. The van der Waals surface area contributed by atoms with Crippen LogP contribution in [-0.4, -0.2) is 12.1 Å². The summed E-state index contributed by atoms with van der Waals surface area (Å²) >= 11 is 5.71. The predicted molar refractivity (Wildman–Crippen MR) is 69.1 cm³/mol. The van der Waals surface area contributed by atoms with Gasteiger partial charge in [0.2, 0.25) is 0 Å². The van der Waals surface area contributed by atoms with Crippen LogP contribution in [0.5, 0.6) is 0 Å². The summed E-state index contributed by atoms with van der Waals surface area (Å²) < 4.78 is 0. The van der Waals surface area contributed by atoms with Crippen LogP contribution in [0.15, 0.2) is 35.0 Å². The topological polar surface area (TPSA) is 38.0 Å². The van der Waals surface area contributed by atoms with E-state index >= 15 is 0 Å². The first-order valence-corrected chi connectivity index (χ1v) is 6.21. The lowest BCUT2D eigenvalue weighted by atomic mass is 9.82. The zero-order valence-corrected chi connectivity index (χ0v) is 10.4. The maximum Gasteiger partial charge on any atom is 0.0994 e. The number of hydrogen-bond donors (Lipinski definition) is 2. The zero-order valence-electron chi connectivity index (χ0n) is 9.67. The van der Waals surface area contributed by atoms with Crippen LogP contribution in [0.2, 0.25) is 0 Å². The zero-order chi connectivity index (χ0) is 11.7. The molecule has 2 heterocycles. The van der Waals surface area contributed by atoms with Gasteiger partial charge in [0, 0.05) is 18.0 Å². The van der Waals surface area contributed by atoms with Gasteiger partial charge in [-0.15, -0.1) is 0 Å². The minimum absolute atomic E-state index is 0.341. The van der Waals surface area contributed by atoms with Crippen molar-refractivity contribution in [1.29, 1.82) is 0 Å². The smallest absolute Gasteiger partial charge is 0.0994 e. The molecule has 0 aromatic carbocycles. The van der Waals surface area contributed by atoms with Crippen molar-refractivity contribution in [3.63, 3.8) is 0 Å². The number of hydrogen-bond acceptors (Lipinski definition) is 2. The monoisotopic (exact) mass is 238 g/mol. The molecule has 0 radical (unpaired) electrons. The normalized spacial score (nSPS) is 35.1. The molecule has 3 atom stereocenters. The number of nitrogens with two attached hydrogens (primary N) is 1. The van der Waals surface area contributed by atoms with Crippen LogP contribution in [0.25, 0.3) is 0 Å². The second-order valence-corrected chi connectivity index (χ2v) is 5.20. The Hall–Kier alpha value is -0.730. The highest BCUT2D eigenvalue weighted by atomic mass is 35.5. The van der Waals surface area contributed by atoms with E-state index in [0.29, 0.717) is 23.2 Å². The molecular formula is C13H19ClN2. The third kappa shape index (κ3) is 2.18. The average molecular weight is 239 g/mol. The Labute approximate surface area is 102 Å². The lowest BCUT2D eigenvalue weighted by Gasteiger charge is -2.22. The third-order valence-electron chi connectivity index (χ3n) is 3.73. The molecule has 2 rings (SSSR count). The first-order chi connectivity index (χ1) is 7.61. The fraction of sp³-hybridized carbons (Fsp3) is 0.538. The summed E-state index contributed by atoms with van der Waals surface area (Å²) in [6.45, 7) is 5.97. The van der Waals surface area contributed by atoms with Gasteiger partial charge in [-0.3, -0.25) is 0 Å². The van der Waals surface area contributed by atoms with Gasteiger partial charge in [0.25, 0.3) is 0 Å². The molecule has 3 heteroatoms. The van der Waals surface area contributed by atoms with Crippen LogP contribution >= 0.6 is 11.6 Å². The van der Waals surface area contributed by atoms with E-state index in [1.54, 1.807) is 0 Å². The SMILES string of the molecule is C=C/C(=C(C)\C=C(/N)Cl)[C@H]1CC2CCC1N2. The van der Waals surface area contributed by atoms with Gasteiger partial charge in [-0.2, -0.15) is 0 Å². The van der Waals surface area contributed by atoms with Gasteiger partial charge in [-0.25, -0.2) is 0 Å². The lowest BCUT2D eigenvalue weighted by molar-refractivity contribution is 0.464. The molecule has 16 heavy (non-hydrogen) atoms. The molecule has 2 unspecified atom stereocenters. The third-order valence-corrected chi connectivity index (χ3v) is 3.84. The van der Waals surface area contributed by atoms with Crippen LogP contribution < -0.4 is 11.1 Å². The van der Waals surface area contributed by atoms with Gasteiger partial charge in [0.15, 0.2) is 0 Å². The fourth-order valence-corrected chi connectivity index (χ4v) is 3.23. The van der Waals surface area contributed by atoms with Crippen molar-refractivity contribution in [2.75, 3.05) is 0 Å². The molecule has 2 fully saturated rings. The Balaban J connectivity index is 2.23. The molecule has 2 aliphatic heterocycles. The molecule has 2 bridgehead atoms. The summed E-state index contributed by atoms with van der Waals surface area (Å²) in [5.74, 6) is 0.587. The van der Waals surface area contributed by atoms with Crippen LogP contribution in [0, 0.1) is 5.92 Å². The van der Waals surface area contributed by atoms with Crippen molar-refractivity contribution in [3.8, 4) is 0 Å². The summed E-state index contributed by atoms with van der Waals surface area (Å²) in [6, 6.07) is 1.33. The average Bonchev–Trinajstić information content (AvgIpc) is 2.79. The number of rotatable bonds is 3. The van der Waals surface area contributed by atoms with Crippen molar-refractivity contribution < 1.29 is 0 Å². The van der Waals surface area contributed by atoms with Crippen molar-refractivity contribution >= 4 is 11.6 Å². The quantitative estimate of drug-likeness (QED) is 0.586. The van der Waals surface area contributed by atoms with Crippen molar-refractivity contribution in [2.45, 2.75) is 38.3 Å². The summed E-state index contributed by atoms with van der Waals surface area (Å²) in [4.78, 5) is 0. The maximum atomic E-state index is 5.71. The molecule has 3 N–H and O–H groups in total. The number of halogens is 1. The predicted octanol–water partition coefficient (Wildman–Crippen LogP) is 2.67. The van der Waals surface area contributed by atoms with Crippen LogP contribution in [0.3, 0.4) is 0 Å². The van der Waals surface area contributed by atoms with Gasteiger partial charge in [-0.05, 0) is 43.4 Å². The molecule has 2 saturated heterocycles. The molecule has 2 aliphatic rings. The standard InChI is InChI=1S/C13H19ClN2/c1-3-10(8(2)6-13(14)15)11-7-9-4-5-12(11)16-9/h3,6,9,11-12,16H,1,4-5,7,15H2,2H3/b10-8+,13-6-/t9?,11-,12?/m1/s1. The van der Waals surface area contributed by atoms with Crippen molar-refractivity contribution in [2.24, 2.45) is 11.7 Å². The van der Waals surface area contributed by atoms with E-state index < -0.39 is 0 Å². The highest BCUT2D eigenvalue weighted by Gasteiger charge is 2.40. The van der Waals surface area contributed by atoms with Gasteiger partial charge in [0.1, 0.15) is 0 Å². The van der Waals surface area contributed by atoms with Crippen LogP contribution in [0.4, 0.5) is 0 Å². The Morgan fingerprint density at radius 3 is 2.69 bits per heavy atom. The van der Waals surface area contributed by atoms with Crippen molar-refractivity contribution in [3.05, 3.63) is 35.0 Å². The molecule has 0 aromatic rings. The van der Waals surface area contributed by atoms with E-state index in [1.807, 2.05) is 12.2 Å². The Bertz CT molecular complexity index is 353. The molecule has 0 aliphatic carbocycles. The molecule has 0 amide bonds. The molecular weight excluding hydrogens is 220 g/mol. The maximum absolute atomic E-state index is 5.71. The lowest BCUT2D eigenvalue weighted by Crippen LogP contribution is -2.24. The van der Waals surface area contributed by atoms with Gasteiger partial charge in [0.05, 0.1) is 5.16 Å².